The van der Waals surface area contributed by atoms with Crippen molar-refractivity contribution in [3.05, 3.63) is 35.5 Å². The van der Waals surface area contributed by atoms with Crippen LogP contribution in [-0.4, -0.2) is 23.7 Å². The van der Waals surface area contributed by atoms with E-state index in [-0.39, 0.29) is 5.41 Å². The summed E-state index contributed by atoms with van der Waals surface area (Å²) in [4.78, 5) is 4.51. The van der Waals surface area contributed by atoms with Crippen LogP contribution >= 0.6 is 11.6 Å². The van der Waals surface area contributed by atoms with E-state index in [1.54, 1.807) is 0 Å². The van der Waals surface area contributed by atoms with E-state index < -0.39 is 0 Å². The average Bonchev–Trinajstić information content (AvgIpc) is 2.91. The Labute approximate surface area is 129 Å². The highest BCUT2D eigenvalue weighted by molar-refractivity contribution is 6.31. The first-order valence-corrected chi connectivity index (χ1v) is 7.87. The average molecular weight is 303 g/mol. The molecule has 1 saturated heterocycles. The molecule has 0 bridgehead atoms. The summed E-state index contributed by atoms with van der Waals surface area (Å²) >= 11 is 6.26. The topological polar surface area (TPSA) is 34.2 Å². The van der Waals surface area contributed by atoms with Gasteiger partial charge >= 0.3 is 0 Å². The number of fused-ring (bicyclic) bond motifs is 2. The molecule has 1 saturated carbocycles. The fourth-order valence-electron chi connectivity index (χ4n) is 4.05. The second-order valence-corrected chi connectivity index (χ2v) is 7.15. The Morgan fingerprint density at radius 3 is 3.10 bits per heavy atom. The zero-order valence-electron chi connectivity index (χ0n) is 12.3. The Morgan fingerprint density at radius 2 is 2.24 bits per heavy atom. The Bertz CT molecular complexity index is 700. The van der Waals surface area contributed by atoms with Gasteiger partial charge in [-0.1, -0.05) is 31.5 Å². The van der Waals surface area contributed by atoms with E-state index >= 15 is 0 Å². The summed E-state index contributed by atoms with van der Waals surface area (Å²) < 4.78 is 5.86. The minimum absolute atomic E-state index is 0.143. The molecule has 0 radical (unpaired) electrons. The lowest BCUT2D eigenvalue weighted by atomic mass is 9.57. The maximum Gasteiger partial charge on any atom is 0.0934 e. The van der Waals surface area contributed by atoms with Crippen LogP contribution in [0.4, 0.5) is 5.69 Å². The summed E-state index contributed by atoms with van der Waals surface area (Å²) in [6.07, 6.45) is 3.35. The number of halogens is 1. The first-order chi connectivity index (χ1) is 10.1. The van der Waals surface area contributed by atoms with Crippen LogP contribution in [0.1, 0.15) is 20.3 Å². The number of pyridine rings is 1. The lowest BCUT2D eigenvalue weighted by Gasteiger charge is -2.55. The third kappa shape index (κ3) is 1.95. The third-order valence-corrected chi connectivity index (χ3v) is 5.30. The predicted octanol–water partition coefficient (Wildman–Crippen LogP) is 4.11. The summed E-state index contributed by atoms with van der Waals surface area (Å²) in [5.74, 6) is 0.595. The molecule has 2 heterocycles. The highest BCUT2D eigenvalue weighted by Gasteiger charge is 2.59. The molecule has 1 N–H and O–H groups in total. The van der Waals surface area contributed by atoms with Gasteiger partial charge in [0.15, 0.2) is 0 Å². The summed E-state index contributed by atoms with van der Waals surface area (Å²) in [7, 11) is 0. The normalized spacial score (nSPS) is 30.0. The van der Waals surface area contributed by atoms with Crippen molar-refractivity contribution in [1.82, 2.24) is 4.98 Å². The van der Waals surface area contributed by atoms with Gasteiger partial charge in [-0.05, 0) is 24.6 Å². The van der Waals surface area contributed by atoms with Crippen molar-refractivity contribution in [2.45, 2.75) is 32.4 Å². The maximum atomic E-state index is 6.26. The predicted molar refractivity (Wildman–Crippen MR) is 85.8 cm³/mol. The Hall–Kier alpha value is -1.32. The van der Waals surface area contributed by atoms with Gasteiger partial charge < -0.3 is 10.1 Å². The minimum atomic E-state index is 0.143. The number of hydrogen-bond donors (Lipinski definition) is 1. The lowest BCUT2D eigenvalue weighted by Crippen LogP contribution is -2.63. The molecule has 0 spiro atoms. The molecule has 0 amide bonds. The van der Waals surface area contributed by atoms with E-state index in [1.165, 1.54) is 0 Å². The van der Waals surface area contributed by atoms with Crippen molar-refractivity contribution < 1.29 is 4.74 Å². The quantitative estimate of drug-likeness (QED) is 0.906. The van der Waals surface area contributed by atoms with Crippen LogP contribution < -0.4 is 5.32 Å². The molecule has 110 valence electrons. The van der Waals surface area contributed by atoms with Crippen LogP contribution in [0.5, 0.6) is 0 Å². The maximum absolute atomic E-state index is 6.26. The molecule has 3 nitrogen and oxygen atoms in total. The number of hydrogen-bond acceptors (Lipinski definition) is 3. The molecule has 2 fully saturated rings. The summed E-state index contributed by atoms with van der Waals surface area (Å²) in [6.45, 7) is 5.43. The van der Waals surface area contributed by atoms with Gasteiger partial charge in [0.05, 0.1) is 17.3 Å². The molecule has 4 heteroatoms. The highest BCUT2D eigenvalue weighted by Crippen LogP contribution is 2.53. The van der Waals surface area contributed by atoms with Gasteiger partial charge in [-0.3, -0.25) is 4.98 Å². The van der Waals surface area contributed by atoms with Crippen LogP contribution in [0, 0.1) is 11.3 Å². The van der Waals surface area contributed by atoms with E-state index in [0.717, 1.165) is 34.6 Å². The van der Waals surface area contributed by atoms with Crippen LogP contribution in [0.15, 0.2) is 30.5 Å². The van der Waals surface area contributed by atoms with Gasteiger partial charge in [-0.2, -0.15) is 0 Å². The minimum Gasteiger partial charge on any atom is -0.379 e. The van der Waals surface area contributed by atoms with E-state index in [0.29, 0.717) is 18.1 Å². The van der Waals surface area contributed by atoms with E-state index in [9.17, 15) is 0 Å². The number of aromatic nitrogens is 1. The van der Waals surface area contributed by atoms with E-state index in [2.05, 4.69) is 24.1 Å². The van der Waals surface area contributed by atoms with Gasteiger partial charge in [0, 0.05) is 40.6 Å². The standard InChI is InChI=1S/C17H19ClN2O/c1-17(2)15(12-5-7-21-16(12)17)20-13-9-11(18)8-10-4-3-6-19-14(10)13/h3-4,6,8-9,12,15-16,20H,5,7H2,1-2H3. The number of benzene rings is 1. The number of nitrogens with one attached hydrogen (secondary N) is 1. The van der Waals surface area contributed by atoms with Crippen molar-refractivity contribution in [1.29, 1.82) is 0 Å². The first-order valence-electron chi connectivity index (χ1n) is 7.50. The largest absolute Gasteiger partial charge is 0.379 e. The third-order valence-electron chi connectivity index (χ3n) is 5.08. The molecule has 2 aliphatic rings. The van der Waals surface area contributed by atoms with E-state index in [4.69, 9.17) is 16.3 Å². The number of anilines is 1. The second kappa shape index (κ2) is 4.59. The zero-order valence-corrected chi connectivity index (χ0v) is 13.0. The fraction of sp³-hybridized carbons (Fsp3) is 0.471. The van der Waals surface area contributed by atoms with Crippen molar-refractivity contribution in [3.63, 3.8) is 0 Å². The molecule has 3 unspecified atom stereocenters. The number of rotatable bonds is 2. The van der Waals surface area contributed by atoms with Crippen molar-refractivity contribution in [2.75, 3.05) is 11.9 Å². The van der Waals surface area contributed by atoms with Crippen LogP contribution in [0.2, 0.25) is 5.02 Å². The monoisotopic (exact) mass is 302 g/mol. The molecule has 1 aromatic heterocycles. The molecule has 1 aromatic carbocycles. The van der Waals surface area contributed by atoms with Crippen LogP contribution in [-0.2, 0) is 4.74 Å². The van der Waals surface area contributed by atoms with Crippen LogP contribution in [0.25, 0.3) is 10.9 Å². The van der Waals surface area contributed by atoms with Gasteiger partial charge in [0.2, 0.25) is 0 Å². The number of ether oxygens (including phenoxy) is 1. The Morgan fingerprint density at radius 1 is 1.38 bits per heavy atom. The summed E-state index contributed by atoms with van der Waals surface area (Å²) in [5, 5.41) is 5.51. The summed E-state index contributed by atoms with van der Waals surface area (Å²) in [6, 6.07) is 8.34. The number of nitrogens with zero attached hydrogens (tertiary/aromatic N) is 1. The molecule has 21 heavy (non-hydrogen) atoms. The van der Waals surface area contributed by atoms with Gasteiger partial charge in [-0.15, -0.1) is 0 Å². The molecule has 2 aromatic rings. The van der Waals surface area contributed by atoms with Gasteiger partial charge in [-0.25, -0.2) is 0 Å². The van der Waals surface area contributed by atoms with E-state index in [1.807, 2.05) is 30.5 Å². The SMILES string of the molecule is CC1(C)C(Nc2cc(Cl)cc3cccnc23)C2CCOC21. The second-order valence-electron chi connectivity index (χ2n) is 6.72. The first kappa shape index (κ1) is 13.4. The van der Waals surface area contributed by atoms with Gasteiger partial charge in [0.25, 0.3) is 0 Å². The molecule has 1 aliphatic heterocycles. The Kier molecular flexibility index (Phi) is 2.92. The smallest absolute Gasteiger partial charge is 0.0934 e. The molecule has 1 aliphatic carbocycles. The zero-order chi connectivity index (χ0) is 14.6. The lowest BCUT2D eigenvalue weighted by molar-refractivity contribution is -0.0922. The molecular formula is C17H19ClN2O. The van der Waals surface area contributed by atoms with Crippen molar-refractivity contribution in [2.24, 2.45) is 11.3 Å². The highest BCUT2D eigenvalue weighted by atomic mass is 35.5. The fourth-order valence-corrected chi connectivity index (χ4v) is 4.28. The Balaban J connectivity index is 1.72. The molecular weight excluding hydrogens is 284 g/mol. The van der Waals surface area contributed by atoms with Crippen LogP contribution in [0.3, 0.4) is 0 Å². The molecule has 3 atom stereocenters. The van der Waals surface area contributed by atoms with Crippen molar-refractivity contribution in [3.8, 4) is 0 Å². The van der Waals surface area contributed by atoms with Crippen molar-refractivity contribution >= 4 is 28.2 Å². The van der Waals surface area contributed by atoms with Gasteiger partial charge in [0.1, 0.15) is 0 Å². The molecule has 4 rings (SSSR count). The summed E-state index contributed by atoms with van der Waals surface area (Å²) in [5.41, 5.74) is 2.16.